The molecule has 0 spiro atoms. The minimum Gasteiger partial charge on any atom is -0.474 e. The number of carboxylic acids is 1. The molecule has 0 saturated heterocycles. The molecule has 5 heteroatoms. The molecule has 1 saturated carbocycles. The number of rotatable bonds is 2. The molecule has 4 nitrogen and oxygen atoms in total. The predicted molar refractivity (Wildman–Crippen MR) is 54.3 cm³/mol. The van der Waals surface area contributed by atoms with Crippen LogP contribution < -0.4 is 0 Å². The summed E-state index contributed by atoms with van der Waals surface area (Å²) in [6.07, 6.45) is 5.53. The Kier molecular flexibility index (Phi) is 2.95. The molecule has 1 heterocycles. The Morgan fingerprint density at radius 1 is 1.40 bits per heavy atom. The van der Waals surface area contributed by atoms with Gasteiger partial charge in [0.1, 0.15) is 5.76 Å². The minimum absolute atomic E-state index is 0.208. The number of nitrogens with zero attached hydrogens (tertiary/aromatic N) is 1. The molecule has 15 heavy (non-hydrogen) atoms. The van der Waals surface area contributed by atoms with E-state index in [0.29, 0.717) is 5.76 Å². The van der Waals surface area contributed by atoms with E-state index in [4.69, 9.17) is 21.1 Å². The summed E-state index contributed by atoms with van der Waals surface area (Å²) in [4.78, 5) is 14.3. The van der Waals surface area contributed by atoms with Crippen molar-refractivity contribution in [1.29, 1.82) is 0 Å². The Hall–Kier alpha value is -1.03. The Bertz CT molecular complexity index is 369. The number of hydrogen-bond acceptors (Lipinski definition) is 3. The van der Waals surface area contributed by atoms with Crippen LogP contribution in [0, 0.1) is 0 Å². The van der Waals surface area contributed by atoms with Gasteiger partial charge >= 0.3 is 11.9 Å². The number of oxazole rings is 1. The number of aromatic carboxylic acids is 1. The SMILES string of the molecule is O=C(O)c1nc(Cl)c(C2CCCCC2)o1. The third kappa shape index (κ3) is 2.15. The summed E-state index contributed by atoms with van der Waals surface area (Å²) < 4.78 is 5.17. The summed E-state index contributed by atoms with van der Waals surface area (Å²) in [6.45, 7) is 0. The lowest BCUT2D eigenvalue weighted by molar-refractivity contribution is 0.0650. The second kappa shape index (κ2) is 4.23. The largest absolute Gasteiger partial charge is 0.474 e. The fourth-order valence-corrected chi connectivity index (χ4v) is 2.29. The van der Waals surface area contributed by atoms with Crippen molar-refractivity contribution in [1.82, 2.24) is 4.98 Å². The van der Waals surface area contributed by atoms with E-state index in [2.05, 4.69) is 4.98 Å². The van der Waals surface area contributed by atoms with Crippen molar-refractivity contribution in [3.8, 4) is 0 Å². The van der Waals surface area contributed by atoms with Crippen molar-refractivity contribution in [3.63, 3.8) is 0 Å². The summed E-state index contributed by atoms with van der Waals surface area (Å²) in [6, 6.07) is 0. The minimum atomic E-state index is -1.17. The van der Waals surface area contributed by atoms with E-state index >= 15 is 0 Å². The molecule has 1 aromatic heterocycles. The van der Waals surface area contributed by atoms with E-state index in [-0.39, 0.29) is 17.0 Å². The lowest BCUT2D eigenvalue weighted by Gasteiger charge is -2.18. The average molecular weight is 230 g/mol. The molecular weight excluding hydrogens is 218 g/mol. The highest BCUT2D eigenvalue weighted by Crippen LogP contribution is 2.36. The molecule has 1 aliphatic rings. The maximum absolute atomic E-state index is 10.6. The van der Waals surface area contributed by atoms with E-state index in [1.165, 1.54) is 6.42 Å². The number of hydrogen-bond donors (Lipinski definition) is 1. The zero-order chi connectivity index (χ0) is 10.8. The Labute approximate surface area is 92.3 Å². The van der Waals surface area contributed by atoms with E-state index in [1.807, 2.05) is 0 Å². The molecule has 0 unspecified atom stereocenters. The van der Waals surface area contributed by atoms with E-state index in [9.17, 15) is 4.79 Å². The highest BCUT2D eigenvalue weighted by molar-refractivity contribution is 6.30. The molecule has 1 aromatic rings. The van der Waals surface area contributed by atoms with Crippen molar-refractivity contribution < 1.29 is 14.3 Å². The fourth-order valence-electron chi connectivity index (χ4n) is 2.02. The van der Waals surface area contributed by atoms with Crippen LogP contribution in [0.4, 0.5) is 0 Å². The van der Waals surface area contributed by atoms with Crippen LogP contribution >= 0.6 is 11.6 Å². The normalized spacial score (nSPS) is 17.9. The molecule has 1 fully saturated rings. The van der Waals surface area contributed by atoms with E-state index in [1.54, 1.807) is 0 Å². The molecule has 0 aromatic carbocycles. The highest BCUT2D eigenvalue weighted by atomic mass is 35.5. The zero-order valence-electron chi connectivity index (χ0n) is 8.20. The molecule has 1 N–H and O–H groups in total. The van der Waals surface area contributed by atoms with Gasteiger partial charge in [-0.05, 0) is 12.8 Å². The van der Waals surface area contributed by atoms with Gasteiger partial charge in [-0.3, -0.25) is 0 Å². The fraction of sp³-hybridized carbons (Fsp3) is 0.600. The Balaban J connectivity index is 2.22. The summed E-state index contributed by atoms with van der Waals surface area (Å²) in [5, 5.41) is 8.91. The molecule has 0 aliphatic heterocycles. The summed E-state index contributed by atoms with van der Waals surface area (Å²) in [5.41, 5.74) is 0. The van der Waals surface area contributed by atoms with E-state index in [0.717, 1.165) is 25.7 Å². The van der Waals surface area contributed by atoms with Crippen LogP contribution in [0.1, 0.15) is 54.5 Å². The number of carboxylic acid groups (broad SMARTS) is 1. The third-order valence-corrected chi connectivity index (χ3v) is 3.04. The van der Waals surface area contributed by atoms with Gasteiger partial charge in [0.05, 0.1) is 0 Å². The predicted octanol–water partition coefficient (Wildman–Crippen LogP) is 3.07. The van der Waals surface area contributed by atoms with Crippen molar-refractivity contribution in [2.45, 2.75) is 38.0 Å². The Morgan fingerprint density at radius 2 is 2.07 bits per heavy atom. The lowest BCUT2D eigenvalue weighted by Crippen LogP contribution is -2.03. The maximum atomic E-state index is 10.6. The first-order valence-corrected chi connectivity index (χ1v) is 5.46. The summed E-state index contributed by atoms with van der Waals surface area (Å²) in [7, 11) is 0. The van der Waals surface area contributed by atoms with Gasteiger partial charge in [0, 0.05) is 5.92 Å². The van der Waals surface area contributed by atoms with Gasteiger partial charge in [0.2, 0.25) is 0 Å². The average Bonchev–Trinajstić information content (AvgIpc) is 2.62. The third-order valence-electron chi connectivity index (χ3n) is 2.77. The number of aromatic nitrogens is 1. The van der Waals surface area contributed by atoms with Gasteiger partial charge < -0.3 is 9.52 Å². The van der Waals surface area contributed by atoms with Gasteiger partial charge in [-0.15, -0.1) is 0 Å². The van der Waals surface area contributed by atoms with Crippen molar-refractivity contribution in [2.24, 2.45) is 0 Å². The summed E-state index contributed by atoms with van der Waals surface area (Å²) >= 11 is 5.85. The first-order chi connectivity index (χ1) is 7.18. The number of halogens is 1. The van der Waals surface area contributed by atoms with Crippen molar-refractivity contribution in [3.05, 3.63) is 16.8 Å². The van der Waals surface area contributed by atoms with Crippen molar-refractivity contribution >= 4 is 17.6 Å². The quantitative estimate of drug-likeness (QED) is 0.847. The van der Waals surface area contributed by atoms with Crippen LogP contribution in [0.25, 0.3) is 0 Å². The first kappa shape index (κ1) is 10.5. The van der Waals surface area contributed by atoms with Crippen LogP contribution in [-0.4, -0.2) is 16.1 Å². The second-order valence-corrected chi connectivity index (χ2v) is 4.17. The molecule has 82 valence electrons. The van der Waals surface area contributed by atoms with Crippen LogP contribution in [-0.2, 0) is 0 Å². The van der Waals surface area contributed by atoms with E-state index < -0.39 is 5.97 Å². The van der Waals surface area contributed by atoms with Gasteiger partial charge in [-0.1, -0.05) is 30.9 Å². The molecule has 1 aliphatic carbocycles. The van der Waals surface area contributed by atoms with Crippen LogP contribution in [0.2, 0.25) is 5.15 Å². The first-order valence-electron chi connectivity index (χ1n) is 5.08. The lowest BCUT2D eigenvalue weighted by atomic mass is 9.88. The van der Waals surface area contributed by atoms with Gasteiger partial charge in [-0.25, -0.2) is 4.79 Å². The molecule has 0 amide bonds. The molecular formula is C10H12ClNO3. The summed E-state index contributed by atoms with van der Waals surface area (Å²) in [5.74, 6) is -0.680. The van der Waals surface area contributed by atoms with Crippen molar-refractivity contribution in [2.75, 3.05) is 0 Å². The molecule has 0 atom stereocenters. The monoisotopic (exact) mass is 229 g/mol. The molecule has 2 rings (SSSR count). The maximum Gasteiger partial charge on any atom is 0.392 e. The second-order valence-electron chi connectivity index (χ2n) is 3.81. The molecule has 0 radical (unpaired) electrons. The van der Waals surface area contributed by atoms with Crippen LogP contribution in [0.5, 0.6) is 0 Å². The zero-order valence-corrected chi connectivity index (χ0v) is 8.96. The number of carbonyl (C=O) groups is 1. The standard InChI is InChI=1S/C10H12ClNO3/c11-8-7(6-4-2-1-3-5-6)15-9(12-8)10(13)14/h6H,1-5H2,(H,13,14). The Morgan fingerprint density at radius 3 is 2.60 bits per heavy atom. The highest BCUT2D eigenvalue weighted by Gasteiger charge is 2.25. The van der Waals surface area contributed by atoms with Gasteiger partial charge in [-0.2, -0.15) is 4.98 Å². The smallest absolute Gasteiger partial charge is 0.392 e. The van der Waals surface area contributed by atoms with Gasteiger partial charge in [0.25, 0.3) is 0 Å². The van der Waals surface area contributed by atoms with Crippen LogP contribution in [0.15, 0.2) is 4.42 Å². The topological polar surface area (TPSA) is 63.3 Å². The van der Waals surface area contributed by atoms with Gasteiger partial charge in [0.15, 0.2) is 5.15 Å². The van der Waals surface area contributed by atoms with Crippen LogP contribution in [0.3, 0.4) is 0 Å². The molecule has 0 bridgehead atoms.